The predicted molar refractivity (Wildman–Crippen MR) is 102 cm³/mol. The SMILES string of the molecule is CN1CCC[C@@H]1c1nnc2n1CCN(C(=O)c1ccc3c(c1)OCCO3)CC2. The fourth-order valence-corrected chi connectivity index (χ4v) is 4.39. The Kier molecular flexibility index (Phi) is 4.43. The van der Waals surface area contributed by atoms with Crippen LogP contribution in [-0.4, -0.2) is 70.4 Å². The van der Waals surface area contributed by atoms with Gasteiger partial charge in [-0.05, 0) is 44.6 Å². The number of carbonyl (C=O) groups excluding carboxylic acids is 1. The number of benzene rings is 1. The summed E-state index contributed by atoms with van der Waals surface area (Å²) in [6, 6.07) is 5.77. The number of hydrogen-bond donors (Lipinski definition) is 0. The largest absolute Gasteiger partial charge is 0.486 e. The summed E-state index contributed by atoms with van der Waals surface area (Å²) in [5, 5.41) is 8.92. The minimum atomic E-state index is 0.0234. The van der Waals surface area contributed by atoms with Crippen LogP contribution in [-0.2, 0) is 13.0 Å². The molecule has 4 heterocycles. The number of fused-ring (bicyclic) bond motifs is 2. The van der Waals surface area contributed by atoms with Crippen molar-refractivity contribution in [1.29, 1.82) is 0 Å². The van der Waals surface area contributed by atoms with Crippen molar-refractivity contribution in [3.8, 4) is 11.5 Å². The summed E-state index contributed by atoms with van der Waals surface area (Å²) < 4.78 is 13.4. The molecule has 5 rings (SSSR count). The Hall–Kier alpha value is -2.61. The third-order valence-electron chi connectivity index (χ3n) is 5.95. The Labute approximate surface area is 164 Å². The second kappa shape index (κ2) is 7.09. The van der Waals surface area contributed by atoms with E-state index in [2.05, 4.69) is 26.7 Å². The molecule has 1 aromatic heterocycles. The van der Waals surface area contributed by atoms with E-state index < -0.39 is 0 Å². The molecule has 0 N–H and O–H groups in total. The highest BCUT2D eigenvalue weighted by atomic mass is 16.6. The Morgan fingerprint density at radius 2 is 1.93 bits per heavy atom. The van der Waals surface area contributed by atoms with E-state index in [1.165, 1.54) is 6.42 Å². The highest BCUT2D eigenvalue weighted by Crippen LogP contribution is 2.32. The number of hydrogen-bond acceptors (Lipinski definition) is 6. The van der Waals surface area contributed by atoms with Gasteiger partial charge in [-0.15, -0.1) is 10.2 Å². The molecule has 0 unspecified atom stereocenters. The first-order valence-corrected chi connectivity index (χ1v) is 10.0. The molecule has 0 aliphatic carbocycles. The van der Waals surface area contributed by atoms with Crippen LogP contribution in [0, 0.1) is 0 Å². The van der Waals surface area contributed by atoms with Gasteiger partial charge >= 0.3 is 0 Å². The smallest absolute Gasteiger partial charge is 0.254 e. The monoisotopic (exact) mass is 383 g/mol. The van der Waals surface area contributed by atoms with Crippen molar-refractivity contribution in [2.24, 2.45) is 0 Å². The zero-order chi connectivity index (χ0) is 19.1. The Bertz CT molecular complexity index is 896. The van der Waals surface area contributed by atoms with Crippen molar-refractivity contribution in [2.75, 3.05) is 39.9 Å². The standard InChI is InChI=1S/C20H25N5O3/c1-23-7-2-3-15(23)19-22-21-18-6-8-24(9-10-25(18)19)20(26)14-4-5-16-17(13-14)28-12-11-27-16/h4-5,13,15H,2-3,6-12H2,1H3/t15-/m1/s1. The van der Waals surface area contributed by atoms with Gasteiger partial charge in [-0.3, -0.25) is 9.69 Å². The molecule has 1 aromatic carbocycles. The van der Waals surface area contributed by atoms with Crippen LogP contribution >= 0.6 is 0 Å². The van der Waals surface area contributed by atoms with Crippen LogP contribution < -0.4 is 9.47 Å². The van der Waals surface area contributed by atoms with Crippen LogP contribution in [0.2, 0.25) is 0 Å². The normalized spacial score (nSPS) is 22.0. The zero-order valence-electron chi connectivity index (χ0n) is 16.1. The molecule has 0 saturated carbocycles. The number of carbonyl (C=O) groups is 1. The maximum Gasteiger partial charge on any atom is 0.254 e. The minimum Gasteiger partial charge on any atom is -0.486 e. The lowest BCUT2D eigenvalue weighted by Gasteiger charge is -2.23. The molecule has 1 atom stereocenters. The molecule has 1 amide bonds. The molecular formula is C20H25N5O3. The van der Waals surface area contributed by atoms with Gasteiger partial charge in [0.1, 0.15) is 24.9 Å². The molecular weight excluding hydrogens is 358 g/mol. The lowest BCUT2D eigenvalue weighted by Crippen LogP contribution is -2.34. The van der Waals surface area contributed by atoms with Crippen LogP contribution in [0.3, 0.4) is 0 Å². The van der Waals surface area contributed by atoms with Crippen LogP contribution in [0.1, 0.15) is 40.9 Å². The van der Waals surface area contributed by atoms with E-state index in [-0.39, 0.29) is 5.91 Å². The highest BCUT2D eigenvalue weighted by Gasteiger charge is 2.30. The summed E-state index contributed by atoms with van der Waals surface area (Å²) in [6.45, 7) is 4.19. The number of nitrogens with zero attached hydrogens (tertiary/aromatic N) is 5. The summed E-state index contributed by atoms with van der Waals surface area (Å²) in [7, 11) is 2.15. The molecule has 3 aliphatic rings. The topological polar surface area (TPSA) is 72.7 Å². The fraction of sp³-hybridized carbons (Fsp3) is 0.550. The maximum atomic E-state index is 13.1. The van der Waals surface area contributed by atoms with E-state index in [4.69, 9.17) is 9.47 Å². The van der Waals surface area contributed by atoms with E-state index in [9.17, 15) is 4.79 Å². The molecule has 0 bridgehead atoms. The van der Waals surface area contributed by atoms with Crippen molar-refractivity contribution in [2.45, 2.75) is 31.8 Å². The number of ether oxygens (including phenoxy) is 2. The first-order valence-electron chi connectivity index (χ1n) is 10.0. The molecule has 1 saturated heterocycles. The molecule has 8 nitrogen and oxygen atoms in total. The Balaban J connectivity index is 1.33. The molecule has 0 radical (unpaired) electrons. The fourth-order valence-electron chi connectivity index (χ4n) is 4.39. The third-order valence-corrected chi connectivity index (χ3v) is 5.95. The van der Waals surface area contributed by atoms with Crippen molar-refractivity contribution in [3.05, 3.63) is 35.4 Å². The molecule has 3 aliphatic heterocycles. The lowest BCUT2D eigenvalue weighted by molar-refractivity contribution is 0.0757. The van der Waals surface area contributed by atoms with Crippen molar-refractivity contribution < 1.29 is 14.3 Å². The zero-order valence-corrected chi connectivity index (χ0v) is 16.1. The van der Waals surface area contributed by atoms with E-state index in [1.54, 1.807) is 6.07 Å². The number of rotatable bonds is 2. The minimum absolute atomic E-state index is 0.0234. The maximum absolute atomic E-state index is 13.1. The van der Waals surface area contributed by atoms with Gasteiger partial charge < -0.3 is 18.9 Å². The van der Waals surface area contributed by atoms with Gasteiger partial charge in [-0.2, -0.15) is 0 Å². The molecule has 148 valence electrons. The van der Waals surface area contributed by atoms with Gasteiger partial charge in [-0.1, -0.05) is 0 Å². The van der Waals surface area contributed by atoms with Crippen LogP contribution in [0.25, 0.3) is 0 Å². The van der Waals surface area contributed by atoms with E-state index >= 15 is 0 Å². The average molecular weight is 383 g/mol. The third kappa shape index (κ3) is 3.01. The van der Waals surface area contributed by atoms with Gasteiger partial charge in [0.05, 0.1) is 6.04 Å². The Morgan fingerprint density at radius 1 is 1.07 bits per heavy atom. The first kappa shape index (κ1) is 17.5. The highest BCUT2D eigenvalue weighted by molar-refractivity contribution is 5.95. The quantitative estimate of drug-likeness (QED) is 0.783. The molecule has 1 fully saturated rings. The second-order valence-corrected chi connectivity index (χ2v) is 7.67. The number of likely N-dealkylation sites (tertiary alicyclic amines) is 1. The number of amides is 1. The van der Waals surface area contributed by atoms with Gasteiger partial charge in [0, 0.05) is 31.6 Å². The summed E-state index contributed by atoms with van der Waals surface area (Å²) in [5.41, 5.74) is 0.637. The molecule has 0 spiro atoms. The average Bonchev–Trinajstić information content (AvgIpc) is 3.26. The molecule has 8 heteroatoms. The summed E-state index contributed by atoms with van der Waals surface area (Å²) >= 11 is 0. The van der Waals surface area contributed by atoms with Gasteiger partial charge in [0.2, 0.25) is 0 Å². The van der Waals surface area contributed by atoms with Gasteiger partial charge in [0.15, 0.2) is 11.5 Å². The summed E-state index contributed by atoms with van der Waals surface area (Å²) in [6.07, 6.45) is 3.03. The summed E-state index contributed by atoms with van der Waals surface area (Å²) in [5.74, 6) is 3.40. The first-order chi connectivity index (χ1) is 13.7. The van der Waals surface area contributed by atoms with Crippen LogP contribution in [0.4, 0.5) is 0 Å². The molecule has 28 heavy (non-hydrogen) atoms. The molecule has 2 aromatic rings. The van der Waals surface area contributed by atoms with Gasteiger partial charge in [0.25, 0.3) is 5.91 Å². The second-order valence-electron chi connectivity index (χ2n) is 7.67. The van der Waals surface area contributed by atoms with Crippen molar-refractivity contribution in [3.63, 3.8) is 0 Å². The van der Waals surface area contributed by atoms with Crippen LogP contribution in [0.5, 0.6) is 11.5 Å². The lowest BCUT2D eigenvalue weighted by atomic mass is 10.1. The summed E-state index contributed by atoms with van der Waals surface area (Å²) in [4.78, 5) is 17.3. The number of aromatic nitrogens is 3. The van der Waals surface area contributed by atoms with Crippen LogP contribution in [0.15, 0.2) is 18.2 Å². The van der Waals surface area contributed by atoms with Crippen molar-refractivity contribution >= 4 is 5.91 Å². The van der Waals surface area contributed by atoms with E-state index in [1.807, 2.05) is 17.0 Å². The van der Waals surface area contributed by atoms with E-state index in [0.717, 1.165) is 37.6 Å². The van der Waals surface area contributed by atoms with Gasteiger partial charge in [-0.25, -0.2) is 0 Å². The van der Waals surface area contributed by atoms with Crippen molar-refractivity contribution in [1.82, 2.24) is 24.6 Å². The Morgan fingerprint density at radius 3 is 2.75 bits per heavy atom. The predicted octanol–water partition coefficient (Wildman–Crippen LogP) is 1.51. The van der Waals surface area contributed by atoms with E-state index in [0.29, 0.717) is 49.4 Å².